The average Bonchev–Trinajstić information content (AvgIpc) is 2.45. The van der Waals surface area contributed by atoms with Crippen molar-refractivity contribution in [2.45, 2.75) is 11.7 Å². The number of Topliss-reactive ketones (excluding diaryl/α,β-unsaturated/α-hetero) is 1. The third-order valence-corrected chi connectivity index (χ3v) is 3.15. The molecule has 0 amide bonds. The van der Waals surface area contributed by atoms with Gasteiger partial charge in [0.2, 0.25) is 0 Å². The summed E-state index contributed by atoms with van der Waals surface area (Å²) in [5.74, 6) is -1.21. The number of ketones is 1. The Morgan fingerprint density at radius 3 is 2.19 bits per heavy atom. The number of rotatable bonds is 4. The lowest BCUT2D eigenvalue weighted by Crippen LogP contribution is -2.19. The Morgan fingerprint density at radius 1 is 1.00 bits per heavy atom. The minimum absolute atomic E-state index is 0.210. The molecule has 0 aliphatic carbocycles. The molecular formula is C15H10ClF3O2. The van der Waals surface area contributed by atoms with Gasteiger partial charge in [0.15, 0.2) is 5.78 Å². The molecular weight excluding hydrogens is 305 g/mol. The molecule has 0 N–H and O–H groups in total. The normalized spacial score (nSPS) is 12.8. The molecule has 0 spiro atoms. The van der Waals surface area contributed by atoms with Crippen LogP contribution in [0.2, 0.25) is 0 Å². The molecule has 0 heterocycles. The van der Waals surface area contributed by atoms with Crippen LogP contribution in [0.25, 0.3) is 0 Å². The van der Waals surface area contributed by atoms with Crippen LogP contribution >= 0.6 is 11.6 Å². The van der Waals surface area contributed by atoms with E-state index in [1.807, 2.05) is 0 Å². The molecule has 0 saturated heterocycles. The predicted octanol–water partition coefficient (Wildman–Crippen LogP) is 4.75. The van der Waals surface area contributed by atoms with Crippen molar-refractivity contribution in [3.8, 4) is 5.75 Å². The summed E-state index contributed by atoms with van der Waals surface area (Å²) in [5, 5.41) is -1.08. The Kier molecular flexibility index (Phi) is 4.53. The number of carbonyl (C=O) groups excluding carboxylic acids is 1. The van der Waals surface area contributed by atoms with Crippen LogP contribution in [-0.4, -0.2) is 12.1 Å². The van der Waals surface area contributed by atoms with Gasteiger partial charge in [-0.15, -0.1) is 24.8 Å². The smallest absolute Gasteiger partial charge is 0.405 e. The van der Waals surface area contributed by atoms with Crippen molar-refractivity contribution in [2.75, 3.05) is 0 Å². The second-order valence-corrected chi connectivity index (χ2v) is 4.62. The number of halogens is 4. The quantitative estimate of drug-likeness (QED) is 0.601. The number of hydrogen-bond donors (Lipinski definition) is 0. The molecule has 0 aliphatic rings. The lowest BCUT2D eigenvalue weighted by atomic mass is 10.0. The number of para-hydroxylation sites is 1. The molecule has 1 unspecified atom stereocenters. The monoisotopic (exact) mass is 314 g/mol. The van der Waals surface area contributed by atoms with Crippen molar-refractivity contribution in [1.29, 1.82) is 0 Å². The first-order chi connectivity index (χ1) is 9.88. The second kappa shape index (κ2) is 6.18. The molecule has 2 rings (SSSR count). The minimum Gasteiger partial charge on any atom is -0.405 e. The minimum atomic E-state index is -4.87. The molecule has 21 heavy (non-hydrogen) atoms. The SMILES string of the molecule is O=C(c1ccccc1OC(F)(F)F)C(Cl)c1ccccc1. The van der Waals surface area contributed by atoms with Crippen LogP contribution in [0.1, 0.15) is 21.3 Å². The number of carbonyl (C=O) groups is 1. The standard InChI is InChI=1S/C15H10ClF3O2/c16-13(10-6-2-1-3-7-10)14(20)11-8-4-5-9-12(11)21-15(17,18)19/h1-9,13H. The molecule has 110 valence electrons. The van der Waals surface area contributed by atoms with Crippen LogP contribution in [0.4, 0.5) is 13.2 Å². The van der Waals surface area contributed by atoms with E-state index in [4.69, 9.17) is 11.6 Å². The van der Waals surface area contributed by atoms with Gasteiger partial charge in [-0.1, -0.05) is 42.5 Å². The first kappa shape index (κ1) is 15.4. The zero-order valence-electron chi connectivity index (χ0n) is 10.6. The third kappa shape index (κ3) is 3.98. The molecule has 6 heteroatoms. The maximum Gasteiger partial charge on any atom is 0.573 e. The highest BCUT2D eigenvalue weighted by Gasteiger charge is 2.33. The highest BCUT2D eigenvalue weighted by atomic mass is 35.5. The summed E-state index contributed by atoms with van der Waals surface area (Å²) in [6.07, 6.45) is -4.87. The third-order valence-electron chi connectivity index (χ3n) is 2.70. The van der Waals surface area contributed by atoms with Crippen LogP contribution in [0.15, 0.2) is 54.6 Å². The van der Waals surface area contributed by atoms with Crippen molar-refractivity contribution in [1.82, 2.24) is 0 Å². The van der Waals surface area contributed by atoms with E-state index in [2.05, 4.69) is 4.74 Å². The second-order valence-electron chi connectivity index (χ2n) is 4.18. The first-order valence-corrected chi connectivity index (χ1v) is 6.40. The van der Waals surface area contributed by atoms with Crippen molar-refractivity contribution in [2.24, 2.45) is 0 Å². The van der Waals surface area contributed by atoms with Gasteiger partial charge in [-0.05, 0) is 17.7 Å². The van der Waals surface area contributed by atoms with E-state index in [9.17, 15) is 18.0 Å². The molecule has 0 saturated carbocycles. The highest BCUT2D eigenvalue weighted by Crippen LogP contribution is 2.32. The highest BCUT2D eigenvalue weighted by molar-refractivity contribution is 6.34. The predicted molar refractivity (Wildman–Crippen MR) is 72.5 cm³/mol. The fraction of sp³-hybridized carbons (Fsp3) is 0.133. The summed E-state index contributed by atoms with van der Waals surface area (Å²) in [7, 11) is 0. The number of benzene rings is 2. The topological polar surface area (TPSA) is 26.3 Å². The largest absolute Gasteiger partial charge is 0.573 e. The van der Waals surface area contributed by atoms with E-state index in [1.165, 1.54) is 18.2 Å². The van der Waals surface area contributed by atoms with Crippen molar-refractivity contribution in [3.63, 3.8) is 0 Å². The van der Waals surface area contributed by atoms with E-state index in [0.29, 0.717) is 5.56 Å². The fourth-order valence-electron chi connectivity index (χ4n) is 1.79. The van der Waals surface area contributed by atoms with E-state index >= 15 is 0 Å². The van der Waals surface area contributed by atoms with Gasteiger partial charge in [-0.3, -0.25) is 4.79 Å². The van der Waals surface area contributed by atoms with E-state index < -0.39 is 23.3 Å². The van der Waals surface area contributed by atoms with Gasteiger partial charge in [-0.25, -0.2) is 0 Å². The molecule has 0 fully saturated rings. The Morgan fingerprint density at radius 2 is 1.57 bits per heavy atom. The van der Waals surface area contributed by atoms with Crippen molar-refractivity contribution >= 4 is 17.4 Å². The zero-order chi connectivity index (χ0) is 15.5. The fourth-order valence-corrected chi connectivity index (χ4v) is 2.06. The Labute approximate surface area is 124 Å². The Hall–Kier alpha value is -2.01. The van der Waals surface area contributed by atoms with Crippen LogP contribution < -0.4 is 4.74 Å². The molecule has 2 aromatic rings. The molecule has 0 bridgehead atoms. The van der Waals surface area contributed by atoms with Crippen molar-refractivity contribution < 1.29 is 22.7 Å². The van der Waals surface area contributed by atoms with E-state index in [-0.39, 0.29) is 5.56 Å². The maximum atomic E-state index is 12.3. The van der Waals surface area contributed by atoms with Crippen LogP contribution in [-0.2, 0) is 0 Å². The summed E-state index contributed by atoms with van der Waals surface area (Å²) in [6.45, 7) is 0. The Balaban J connectivity index is 2.31. The Bertz CT molecular complexity index is 626. The van der Waals surface area contributed by atoms with Crippen LogP contribution in [0.3, 0.4) is 0 Å². The number of ether oxygens (including phenoxy) is 1. The lowest BCUT2D eigenvalue weighted by Gasteiger charge is -2.14. The van der Waals surface area contributed by atoms with Crippen molar-refractivity contribution in [3.05, 3.63) is 65.7 Å². The summed E-state index contributed by atoms with van der Waals surface area (Å²) in [6, 6.07) is 13.5. The molecule has 0 aromatic heterocycles. The van der Waals surface area contributed by atoms with Gasteiger partial charge in [0.05, 0.1) is 5.56 Å². The number of alkyl halides is 4. The maximum absolute atomic E-state index is 12.3. The molecule has 0 radical (unpaired) electrons. The summed E-state index contributed by atoms with van der Waals surface area (Å²) in [5.41, 5.74) is 0.296. The van der Waals surface area contributed by atoms with E-state index in [0.717, 1.165) is 6.07 Å². The molecule has 2 nitrogen and oxygen atoms in total. The van der Waals surface area contributed by atoms with Gasteiger partial charge in [-0.2, -0.15) is 0 Å². The lowest BCUT2D eigenvalue weighted by molar-refractivity contribution is -0.274. The summed E-state index contributed by atoms with van der Waals surface area (Å²) in [4.78, 5) is 12.3. The van der Waals surface area contributed by atoms with Gasteiger partial charge < -0.3 is 4.74 Å². The molecule has 0 aliphatic heterocycles. The van der Waals surface area contributed by atoms with Crippen LogP contribution in [0.5, 0.6) is 5.75 Å². The first-order valence-electron chi connectivity index (χ1n) is 5.96. The summed E-state index contributed by atoms with van der Waals surface area (Å²) < 4.78 is 40.9. The molecule has 1 atom stereocenters. The van der Waals surface area contributed by atoms with Gasteiger partial charge >= 0.3 is 6.36 Å². The van der Waals surface area contributed by atoms with E-state index in [1.54, 1.807) is 30.3 Å². The summed E-state index contributed by atoms with van der Waals surface area (Å²) >= 11 is 6.05. The molecule has 2 aromatic carbocycles. The van der Waals surface area contributed by atoms with Gasteiger partial charge in [0, 0.05) is 0 Å². The van der Waals surface area contributed by atoms with Crippen LogP contribution in [0, 0.1) is 0 Å². The number of hydrogen-bond acceptors (Lipinski definition) is 2. The van der Waals surface area contributed by atoms with Gasteiger partial charge in [0.25, 0.3) is 0 Å². The average molecular weight is 315 g/mol. The van der Waals surface area contributed by atoms with Gasteiger partial charge in [0.1, 0.15) is 11.1 Å². The zero-order valence-corrected chi connectivity index (χ0v) is 11.4.